The average Bonchev–Trinajstić information content (AvgIpc) is 2.65. The van der Waals surface area contributed by atoms with Gasteiger partial charge in [0, 0.05) is 25.5 Å². The molecule has 0 aliphatic rings. The van der Waals surface area contributed by atoms with E-state index in [4.69, 9.17) is 5.73 Å². The summed E-state index contributed by atoms with van der Waals surface area (Å²) in [5.74, 6) is -0.0964. The number of nitrogens with two attached hydrogens (primary N) is 1. The van der Waals surface area contributed by atoms with E-state index in [0.29, 0.717) is 18.8 Å². The molecule has 1 amide bonds. The molecule has 6 heteroatoms. The van der Waals surface area contributed by atoms with Crippen molar-refractivity contribution in [3.63, 3.8) is 0 Å². The summed E-state index contributed by atoms with van der Waals surface area (Å²) in [5, 5.41) is 2.50. The molecule has 0 unspecified atom stereocenters. The van der Waals surface area contributed by atoms with E-state index in [-0.39, 0.29) is 18.3 Å². The fourth-order valence-electron chi connectivity index (χ4n) is 0.975. The summed E-state index contributed by atoms with van der Waals surface area (Å²) in [6.07, 6.45) is 1.67. The van der Waals surface area contributed by atoms with Crippen LogP contribution in [0.25, 0.3) is 0 Å². The highest BCUT2D eigenvalue weighted by atomic mass is 35.5. The average molecular weight is 248 g/mol. The van der Waals surface area contributed by atoms with Gasteiger partial charge in [0.15, 0.2) is 0 Å². The smallest absolute Gasteiger partial charge is 0.273 e. The van der Waals surface area contributed by atoms with Gasteiger partial charge in [0.2, 0.25) is 0 Å². The first-order chi connectivity index (χ1) is 6.69. The molecule has 2 N–H and O–H groups in total. The van der Waals surface area contributed by atoms with Crippen molar-refractivity contribution >= 4 is 29.7 Å². The van der Waals surface area contributed by atoms with E-state index in [1.807, 2.05) is 0 Å². The van der Waals surface area contributed by atoms with Crippen LogP contribution in [0.15, 0.2) is 18.0 Å². The Hall–Kier alpha value is -0.910. The number of aromatic nitrogens is 1. The third-order valence-electron chi connectivity index (χ3n) is 1.70. The van der Waals surface area contributed by atoms with E-state index in [1.54, 1.807) is 23.4 Å². The number of halogens is 1. The molecule has 0 spiro atoms. The highest BCUT2D eigenvalue weighted by molar-refractivity contribution is 7.09. The zero-order valence-corrected chi connectivity index (χ0v) is 10.1. The lowest BCUT2D eigenvalue weighted by Gasteiger charge is -2.12. The minimum absolute atomic E-state index is 0. The van der Waals surface area contributed by atoms with Gasteiger partial charge in [0.05, 0.1) is 0 Å². The second-order valence-corrected chi connectivity index (χ2v) is 3.75. The van der Waals surface area contributed by atoms with Gasteiger partial charge in [-0.25, -0.2) is 4.98 Å². The van der Waals surface area contributed by atoms with E-state index in [9.17, 15) is 4.79 Å². The maximum absolute atomic E-state index is 11.6. The third kappa shape index (κ3) is 3.62. The summed E-state index contributed by atoms with van der Waals surface area (Å²) in [5.41, 5.74) is 5.86. The van der Waals surface area contributed by atoms with Crippen molar-refractivity contribution < 1.29 is 4.79 Å². The Bertz CT molecular complexity index is 340. The summed E-state index contributed by atoms with van der Waals surface area (Å²) < 4.78 is 0. The third-order valence-corrected chi connectivity index (χ3v) is 2.57. The second kappa shape index (κ2) is 6.55. The van der Waals surface area contributed by atoms with E-state index in [2.05, 4.69) is 11.6 Å². The number of carbonyl (C=O) groups is 1. The SMILES string of the molecule is C=CCN(C)C(=O)c1csc(CN)n1.Cl. The monoisotopic (exact) mass is 247 g/mol. The summed E-state index contributed by atoms with van der Waals surface area (Å²) in [6.45, 7) is 4.47. The first-order valence-corrected chi connectivity index (χ1v) is 5.07. The summed E-state index contributed by atoms with van der Waals surface area (Å²) in [6, 6.07) is 0. The maximum atomic E-state index is 11.6. The van der Waals surface area contributed by atoms with Gasteiger partial charge in [-0.15, -0.1) is 30.3 Å². The molecule has 0 atom stereocenters. The highest BCUT2D eigenvalue weighted by Gasteiger charge is 2.13. The lowest BCUT2D eigenvalue weighted by molar-refractivity contribution is 0.0805. The van der Waals surface area contributed by atoms with E-state index < -0.39 is 0 Å². The first-order valence-electron chi connectivity index (χ1n) is 4.20. The standard InChI is InChI=1S/C9H13N3OS.ClH/c1-3-4-12(2)9(13)7-6-14-8(5-10)11-7;/h3,6H,1,4-5,10H2,2H3;1H. The topological polar surface area (TPSA) is 59.2 Å². The Labute approximate surface area is 99.2 Å². The fraction of sp³-hybridized carbons (Fsp3) is 0.333. The molecule has 0 aliphatic carbocycles. The number of carbonyl (C=O) groups excluding carboxylic acids is 1. The van der Waals surface area contributed by atoms with Crippen LogP contribution < -0.4 is 5.73 Å². The molecule has 1 aromatic rings. The van der Waals surface area contributed by atoms with Crippen molar-refractivity contribution in [1.29, 1.82) is 0 Å². The Balaban J connectivity index is 0.00000196. The van der Waals surface area contributed by atoms with Crippen LogP contribution in [-0.2, 0) is 6.54 Å². The number of amides is 1. The highest BCUT2D eigenvalue weighted by Crippen LogP contribution is 2.10. The molecule has 1 aromatic heterocycles. The molecule has 0 saturated carbocycles. The molecule has 0 bridgehead atoms. The van der Waals surface area contributed by atoms with Gasteiger partial charge in [-0.3, -0.25) is 4.79 Å². The van der Waals surface area contributed by atoms with Gasteiger partial charge in [0.1, 0.15) is 10.7 Å². The van der Waals surface area contributed by atoms with Crippen LogP contribution in [0, 0.1) is 0 Å². The van der Waals surface area contributed by atoms with E-state index >= 15 is 0 Å². The van der Waals surface area contributed by atoms with Crippen LogP contribution in [0.4, 0.5) is 0 Å². The lowest BCUT2D eigenvalue weighted by Crippen LogP contribution is -2.27. The molecular weight excluding hydrogens is 234 g/mol. The Kier molecular flexibility index (Phi) is 6.15. The molecule has 1 heterocycles. The van der Waals surface area contributed by atoms with Crippen molar-refractivity contribution in [3.05, 3.63) is 28.7 Å². The van der Waals surface area contributed by atoms with Crippen molar-refractivity contribution in [1.82, 2.24) is 9.88 Å². The van der Waals surface area contributed by atoms with Crippen LogP contribution in [-0.4, -0.2) is 29.4 Å². The maximum Gasteiger partial charge on any atom is 0.273 e. The van der Waals surface area contributed by atoms with E-state index in [0.717, 1.165) is 5.01 Å². The normalized spacial score (nSPS) is 9.20. The second-order valence-electron chi connectivity index (χ2n) is 2.80. The number of hydrogen-bond acceptors (Lipinski definition) is 4. The Morgan fingerprint density at radius 1 is 1.80 bits per heavy atom. The molecule has 0 saturated heterocycles. The number of nitrogens with zero attached hydrogens (tertiary/aromatic N) is 2. The van der Waals surface area contributed by atoms with Crippen LogP contribution >= 0.6 is 23.7 Å². The summed E-state index contributed by atoms with van der Waals surface area (Å²) >= 11 is 1.40. The molecule has 0 aliphatic heterocycles. The van der Waals surface area contributed by atoms with Crippen molar-refractivity contribution in [2.75, 3.05) is 13.6 Å². The molecular formula is C9H14ClN3OS. The molecule has 84 valence electrons. The number of thiazole rings is 1. The molecule has 0 fully saturated rings. The fourth-order valence-corrected chi connectivity index (χ4v) is 1.62. The number of rotatable bonds is 4. The van der Waals surface area contributed by atoms with Crippen LogP contribution in [0.2, 0.25) is 0 Å². The predicted octanol–water partition coefficient (Wildman–Crippen LogP) is 1.28. The van der Waals surface area contributed by atoms with Crippen molar-refractivity contribution in [2.24, 2.45) is 5.73 Å². The lowest BCUT2D eigenvalue weighted by atomic mass is 10.4. The molecule has 15 heavy (non-hydrogen) atoms. The molecule has 1 rings (SSSR count). The largest absolute Gasteiger partial charge is 0.337 e. The quantitative estimate of drug-likeness (QED) is 0.816. The van der Waals surface area contributed by atoms with Crippen LogP contribution in [0.3, 0.4) is 0 Å². The zero-order valence-electron chi connectivity index (χ0n) is 8.47. The van der Waals surface area contributed by atoms with Gasteiger partial charge in [0.25, 0.3) is 5.91 Å². The van der Waals surface area contributed by atoms with E-state index in [1.165, 1.54) is 11.3 Å². The van der Waals surface area contributed by atoms with Gasteiger partial charge < -0.3 is 10.6 Å². The molecule has 0 aromatic carbocycles. The minimum atomic E-state index is -0.0964. The van der Waals surface area contributed by atoms with Gasteiger partial charge in [-0.2, -0.15) is 0 Å². The number of hydrogen-bond donors (Lipinski definition) is 1. The summed E-state index contributed by atoms with van der Waals surface area (Å²) in [4.78, 5) is 17.3. The Morgan fingerprint density at radius 3 is 2.93 bits per heavy atom. The molecule has 4 nitrogen and oxygen atoms in total. The van der Waals surface area contributed by atoms with Gasteiger partial charge >= 0.3 is 0 Å². The minimum Gasteiger partial charge on any atom is -0.337 e. The predicted molar refractivity (Wildman–Crippen MR) is 64.4 cm³/mol. The first kappa shape index (κ1) is 14.1. The van der Waals surface area contributed by atoms with Gasteiger partial charge in [-0.1, -0.05) is 6.08 Å². The Morgan fingerprint density at radius 2 is 2.47 bits per heavy atom. The van der Waals surface area contributed by atoms with Gasteiger partial charge in [-0.05, 0) is 0 Å². The summed E-state index contributed by atoms with van der Waals surface area (Å²) in [7, 11) is 1.71. The molecule has 0 radical (unpaired) electrons. The van der Waals surface area contributed by atoms with Crippen LogP contribution in [0.1, 0.15) is 15.5 Å². The van der Waals surface area contributed by atoms with Crippen molar-refractivity contribution in [2.45, 2.75) is 6.54 Å². The van der Waals surface area contributed by atoms with Crippen molar-refractivity contribution in [3.8, 4) is 0 Å². The zero-order chi connectivity index (χ0) is 10.6. The van der Waals surface area contributed by atoms with Crippen LogP contribution in [0.5, 0.6) is 0 Å². The number of likely N-dealkylation sites (N-methyl/N-ethyl adjacent to an activating group) is 1.